The fourth-order valence-corrected chi connectivity index (χ4v) is 3.82. The third-order valence-corrected chi connectivity index (χ3v) is 5.54. The first-order valence-corrected chi connectivity index (χ1v) is 10.8. The van der Waals surface area contributed by atoms with Crippen molar-refractivity contribution in [1.29, 1.82) is 0 Å². The van der Waals surface area contributed by atoms with Crippen molar-refractivity contribution in [3.63, 3.8) is 0 Å². The molecule has 0 amide bonds. The van der Waals surface area contributed by atoms with E-state index >= 15 is 0 Å². The molecule has 2 rings (SSSR count). The monoisotopic (exact) mass is 450 g/mol. The number of nitrogens with zero attached hydrogens (tertiary/aromatic N) is 3. The Morgan fingerprint density at radius 3 is 1.72 bits per heavy atom. The van der Waals surface area contributed by atoms with E-state index in [1.807, 2.05) is 41.0 Å². The number of rotatable bonds is 11. The molecule has 0 saturated carbocycles. The SMILES string of the molecule is Cc1ccc(CC(CN2CCN(CC(=O)O)CCN(CC(=O)O)CC2)NCC(=O)O)cc1. The Labute approximate surface area is 188 Å². The molecule has 1 fully saturated rings. The van der Waals surface area contributed by atoms with Gasteiger partial charge in [-0.1, -0.05) is 29.8 Å². The van der Waals surface area contributed by atoms with E-state index in [0.717, 1.165) is 11.1 Å². The maximum absolute atomic E-state index is 11.2. The van der Waals surface area contributed by atoms with E-state index in [1.165, 1.54) is 0 Å². The molecule has 0 radical (unpaired) electrons. The van der Waals surface area contributed by atoms with Crippen molar-refractivity contribution >= 4 is 17.9 Å². The third-order valence-electron chi connectivity index (χ3n) is 5.54. The predicted octanol–water partition coefficient (Wildman–Crippen LogP) is -0.331. The minimum absolute atomic E-state index is 0.0984. The Morgan fingerprint density at radius 2 is 1.28 bits per heavy atom. The molecule has 4 N–H and O–H groups in total. The van der Waals surface area contributed by atoms with Crippen LogP contribution in [0, 0.1) is 6.92 Å². The summed E-state index contributed by atoms with van der Waals surface area (Å²) >= 11 is 0. The molecule has 1 unspecified atom stereocenters. The lowest BCUT2D eigenvalue weighted by atomic mass is 10.0. The maximum Gasteiger partial charge on any atom is 0.317 e. The molecule has 1 aromatic carbocycles. The fourth-order valence-electron chi connectivity index (χ4n) is 3.82. The fraction of sp³-hybridized carbons (Fsp3) is 0.591. The number of nitrogens with one attached hydrogen (secondary N) is 1. The zero-order valence-electron chi connectivity index (χ0n) is 18.6. The van der Waals surface area contributed by atoms with Crippen LogP contribution in [0.5, 0.6) is 0 Å². The summed E-state index contributed by atoms with van der Waals surface area (Å²) in [6.45, 7) is 5.53. The highest BCUT2D eigenvalue weighted by molar-refractivity contribution is 5.69. The van der Waals surface area contributed by atoms with Gasteiger partial charge in [0.25, 0.3) is 0 Å². The Balaban J connectivity index is 2.10. The zero-order chi connectivity index (χ0) is 23.5. The highest BCUT2D eigenvalue weighted by Crippen LogP contribution is 2.09. The first-order chi connectivity index (χ1) is 15.2. The van der Waals surface area contributed by atoms with E-state index in [1.54, 1.807) is 0 Å². The molecule has 1 aliphatic heterocycles. The van der Waals surface area contributed by atoms with Crippen molar-refractivity contribution in [3.8, 4) is 0 Å². The molecule has 1 saturated heterocycles. The van der Waals surface area contributed by atoms with Crippen molar-refractivity contribution in [1.82, 2.24) is 20.0 Å². The molecule has 32 heavy (non-hydrogen) atoms. The number of carboxylic acid groups (broad SMARTS) is 3. The Kier molecular flexibility index (Phi) is 10.5. The normalized spacial score (nSPS) is 17.8. The van der Waals surface area contributed by atoms with Crippen LogP contribution in [0.1, 0.15) is 11.1 Å². The summed E-state index contributed by atoms with van der Waals surface area (Å²) in [5.41, 5.74) is 2.25. The van der Waals surface area contributed by atoms with Crippen molar-refractivity contribution in [2.75, 3.05) is 65.4 Å². The van der Waals surface area contributed by atoms with Crippen LogP contribution in [-0.4, -0.2) is 119 Å². The molecular formula is C22H34N4O6. The molecule has 1 aliphatic rings. The Bertz CT molecular complexity index is 729. The van der Waals surface area contributed by atoms with E-state index in [4.69, 9.17) is 5.11 Å². The largest absolute Gasteiger partial charge is 0.480 e. The lowest BCUT2D eigenvalue weighted by molar-refractivity contribution is -0.140. The molecule has 10 heteroatoms. The summed E-state index contributed by atoms with van der Waals surface area (Å²) in [6, 6.07) is 8.00. The topological polar surface area (TPSA) is 134 Å². The van der Waals surface area contributed by atoms with Gasteiger partial charge in [-0.2, -0.15) is 0 Å². The average Bonchev–Trinajstić information content (AvgIpc) is 2.79. The van der Waals surface area contributed by atoms with Gasteiger partial charge in [-0.05, 0) is 18.9 Å². The number of hydrogen-bond donors (Lipinski definition) is 4. The second-order valence-electron chi connectivity index (χ2n) is 8.30. The molecule has 10 nitrogen and oxygen atoms in total. The van der Waals surface area contributed by atoms with Crippen molar-refractivity contribution in [2.45, 2.75) is 19.4 Å². The quantitative estimate of drug-likeness (QED) is 0.355. The predicted molar refractivity (Wildman–Crippen MR) is 119 cm³/mol. The van der Waals surface area contributed by atoms with Gasteiger partial charge in [-0.15, -0.1) is 0 Å². The van der Waals surface area contributed by atoms with Crippen LogP contribution in [0.15, 0.2) is 24.3 Å². The van der Waals surface area contributed by atoms with Gasteiger partial charge in [0.05, 0.1) is 19.6 Å². The molecule has 1 aromatic rings. The summed E-state index contributed by atoms with van der Waals surface area (Å²) in [5, 5.41) is 30.6. The van der Waals surface area contributed by atoms with Crippen LogP contribution in [0.2, 0.25) is 0 Å². The highest BCUT2D eigenvalue weighted by atomic mass is 16.4. The van der Waals surface area contributed by atoms with Crippen molar-refractivity contribution < 1.29 is 29.7 Å². The second-order valence-corrected chi connectivity index (χ2v) is 8.30. The Hall–Kier alpha value is -2.53. The van der Waals surface area contributed by atoms with Gasteiger partial charge in [0.1, 0.15) is 0 Å². The lowest BCUT2D eigenvalue weighted by Crippen LogP contribution is -2.47. The molecule has 1 atom stereocenters. The molecule has 1 heterocycles. The van der Waals surface area contributed by atoms with Crippen LogP contribution in [0.4, 0.5) is 0 Å². The third kappa shape index (κ3) is 10.2. The minimum Gasteiger partial charge on any atom is -0.480 e. The minimum atomic E-state index is -0.927. The standard InChI is InChI=1S/C22H34N4O6/c1-17-2-4-18(5-3-17)12-19(23-13-20(27)28)14-24-6-8-25(15-21(29)30)10-11-26(9-7-24)16-22(31)32/h2-5,19,23H,6-16H2,1H3,(H,27,28)(H,29,30)(H,31,32). The number of aryl methyl sites for hydroxylation is 1. The van der Waals surface area contributed by atoms with E-state index in [2.05, 4.69) is 10.2 Å². The van der Waals surface area contributed by atoms with Gasteiger partial charge in [0, 0.05) is 51.9 Å². The molecular weight excluding hydrogens is 416 g/mol. The first kappa shape index (κ1) is 25.7. The van der Waals surface area contributed by atoms with Gasteiger partial charge in [0.2, 0.25) is 0 Å². The maximum atomic E-state index is 11.2. The number of benzene rings is 1. The smallest absolute Gasteiger partial charge is 0.317 e. The number of carbonyl (C=O) groups is 3. The van der Waals surface area contributed by atoms with Crippen LogP contribution in [0.3, 0.4) is 0 Å². The molecule has 0 spiro atoms. The molecule has 178 valence electrons. The van der Waals surface area contributed by atoms with Gasteiger partial charge in [-0.25, -0.2) is 0 Å². The van der Waals surface area contributed by atoms with Crippen LogP contribution >= 0.6 is 0 Å². The van der Waals surface area contributed by atoms with E-state index in [9.17, 15) is 24.6 Å². The highest BCUT2D eigenvalue weighted by Gasteiger charge is 2.22. The van der Waals surface area contributed by atoms with Crippen LogP contribution in [-0.2, 0) is 20.8 Å². The van der Waals surface area contributed by atoms with Crippen LogP contribution < -0.4 is 5.32 Å². The first-order valence-electron chi connectivity index (χ1n) is 10.8. The summed E-state index contributed by atoms with van der Waals surface area (Å²) in [4.78, 5) is 39.4. The summed E-state index contributed by atoms with van der Waals surface area (Å²) in [5.74, 6) is -2.76. The number of aliphatic carboxylic acids is 3. The van der Waals surface area contributed by atoms with Gasteiger partial charge < -0.3 is 20.6 Å². The zero-order valence-corrected chi connectivity index (χ0v) is 18.6. The van der Waals surface area contributed by atoms with Gasteiger partial charge in [-0.3, -0.25) is 29.1 Å². The number of hydrogen-bond acceptors (Lipinski definition) is 7. The molecule has 0 aromatic heterocycles. The Morgan fingerprint density at radius 1 is 0.812 bits per heavy atom. The van der Waals surface area contributed by atoms with Crippen LogP contribution in [0.25, 0.3) is 0 Å². The lowest BCUT2D eigenvalue weighted by Gasteiger charge is -2.29. The molecule has 0 aliphatic carbocycles. The van der Waals surface area contributed by atoms with E-state index < -0.39 is 17.9 Å². The van der Waals surface area contributed by atoms with Gasteiger partial charge in [0.15, 0.2) is 0 Å². The summed E-state index contributed by atoms with van der Waals surface area (Å²) < 4.78 is 0. The molecule has 0 bridgehead atoms. The summed E-state index contributed by atoms with van der Waals surface area (Å²) in [6.07, 6.45) is 0.655. The second kappa shape index (κ2) is 13.1. The van der Waals surface area contributed by atoms with E-state index in [-0.39, 0.29) is 25.7 Å². The van der Waals surface area contributed by atoms with Crippen molar-refractivity contribution in [2.24, 2.45) is 0 Å². The summed E-state index contributed by atoms with van der Waals surface area (Å²) in [7, 11) is 0. The van der Waals surface area contributed by atoms with Gasteiger partial charge >= 0.3 is 17.9 Å². The average molecular weight is 451 g/mol. The van der Waals surface area contributed by atoms with E-state index in [0.29, 0.717) is 52.2 Å². The number of carboxylic acids is 3. The van der Waals surface area contributed by atoms with Crippen molar-refractivity contribution in [3.05, 3.63) is 35.4 Å².